The number of aliphatic carboxylic acids is 2. The highest BCUT2D eigenvalue weighted by atomic mass is 16.6. The molecule has 0 aliphatic heterocycles. The van der Waals surface area contributed by atoms with Crippen molar-refractivity contribution in [2.24, 2.45) is 5.92 Å². The Balaban J connectivity index is 3.37. The minimum atomic E-state index is -2.93. The lowest BCUT2D eigenvalue weighted by Crippen LogP contribution is -2.58. The highest BCUT2D eigenvalue weighted by molar-refractivity contribution is 6.09. The highest BCUT2D eigenvalue weighted by Gasteiger charge is 2.57. The summed E-state index contributed by atoms with van der Waals surface area (Å²) in [6.45, 7) is 0. The standard InChI is InChI=1S/C13H12O8/c1-20-11(17)9(10(15)16)13(7-14,12(18)19)21-8-5-3-2-4-6-8/h2-7,9H,1H3,(H,15,16)(H,18,19). The fourth-order valence-electron chi connectivity index (χ4n) is 1.63. The molecule has 0 aromatic heterocycles. The number of aldehydes is 1. The number of carboxylic acid groups (broad SMARTS) is 2. The summed E-state index contributed by atoms with van der Waals surface area (Å²) >= 11 is 0. The van der Waals surface area contributed by atoms with Gasteiger partial charge in [-0.05, 0) is 12.1 Å². The third-order valence-electron chi connectivity index (χ3n) is 2.65. The predicted molar refractivity (Wildman–Crippen MR) is 66.6 cm³/mol. The van der Waals surface area contributed by atoms with E-state index < -0.39 is 29.4 Å². The topological polar surface area (TPSA) is 127 Å². The lowest BCUT2D eigenvalue weighted by molar-refractivity contribution is -0.180. The van der Waals surface area contributed by atoms with E-state index in [9.17, 15) is 24.3 Å². The SMILES string of the molecule is COC(=O)C(C(=O)O)C(C=O)(Oc1ccccc1)C(=O)O. The maximum Gasteiger partial charge on any atom is 0.357 e. The van der Waals surface area contributed by atoms with E-state index in [0.717, 1.165) is 7.11 Å². The van der Waals surface area contributed by atoms with Gasteiger partial charge in [-0.1, -0.05) is 18.2 Å². The average Bonchev–Trinajstić information content (AvgIpc) is 2.46. The number of carbonyl (C=O) groups is 4. The quantitative estimate of drug-likeness (QED) is 0.407. The van der Waals surface area contributed by atoms with Gasteiger partial charge in [0.15, 0.2) is 6.29 Å². The Labute approximate surface area is 118 Å². The molecule has 2 unspecified atom stereocenters. The Morgan fingerprint density at radius 2 is 1.76 bits per heavy atom. The van der Waals surface area contributed by atoms with Crippen molar-refractivity contribution in [1.82, 2.24) is 0 Å². The Bertz CT molecular complexity index is 553. The summed E-state index contributed by atoms with van der Waals surface area (Å²) in [4.78, 5) is 45.4. The molecule has 1 aromatic rings. The first-order chi connectivity index (χ1) is 9.89. The maximum absolute atomic E-state index is 11.5. The molecule has 0 spiro atoms. The number of esters is 1. The summed E-state index contributed by atoms with van der Waals surface area (Å²) in [6, 6.07) is 7.21. The third-order valence-corrected chi connectivity index (χ3v) is 2.65. The van der Waals surface area contributed by atoms with Crippen LogP contribution < -0.4 is 4.74 Å². The molecular formula is C13H12O8. The largest absolute Gasteiger partial charge is 0.480 e. The zero-order valence-electron chi connectivity index (χ0n) is 10.9. The van der Waals surface area contributed by atoms with Gasteiger partial charge < -0.3 is 19.7 Å². The molecule has 1 aromatic carbocycles. The normalized spacial score (nSPS) is 14.3. The number of methoxy groups -OCH3 is 1. The summed E-state index contributed by atoms with van der Waals surface area (Å²) in [7, 11) is 0.873. The summed E-state index contributed by atoms with van der Waals surface area (Å²) in [6.07, 6.45) is -0.238. The lowest BCUT2D eigenvalue weighted by Gasteiger charge is -2.28. The molecule has 2 N–H and O–H groups in total. The lowest BCUT2D eigenvalue weighted by atomic mass is 9.88. The van der Waals surface area contributed by atoms with Gasteiger partial charge in [-0.15, -0.1) is 0 Å². The zero-order chi connectivity index (χ0) is 16.0. The monoisotopic (exact) mass is 296 g/mol. The summed E-state index contributed by atoms with van der Waals surface area (Å²) in [5, 5.41) is 18.3. The van der Waals surface area contributed by atoms with E-state index in [1.165, 1.54) is 24.3 Å². The predicted octanol–water partition coefficient (Wildman–Crippen LogP) is -0.0385. The Hall–Kier alpha value is -2.90. The van der Waals surface area contributed by atoms with Gasteiger partial charge in [0.1, 0.15) is 5.75 Å². The van der Waals surface area contributed by atoms with Crippen LogP contribution in [0.3, 0.4) is 0 Å². The molecule has 0 saturated carbocycles. The van der Waals surface area contributed by atoms with Gasteiger partial charge in [-0.3, -0.25) is 14.4 Å². The van der Waals surface area contributed by atoms with E-state index in [1.807, 2.05) is 0 Å². The second kappa shape index (κ2) is 6.51. The fourth-order valence-corrected chi connectivity index (χ4v) is 1.63. The number of hydrogen-bond acceptors (Lipinski definition) is 6. The Morgan fingerprint density at radius 1 is 1.19 bits per heavy atom. The van der Waals surface area contributed by atoms with Crippen molar-refractivity contribution in [2.75, 3.05) is 7.11 Å². The van der Waals surface area contributed by atoms with E-state index >= 15 is 0 Å². The second-order valence-corrected chi connectivity index (χ2v) is 3.93. The minimum absolute atomic E-state index is 0.0813. The first-order valence-electron chi connectivity index (χ1n) is 5.63. The van der Waals surface area contributed by atoms with Crippen molar-refractivity contribution in [1.29, 1.82) is 0 Å². The number of hydrogen-bond donors (Lipinski definition) is 2. The molecule has 0 aliphatic carbocycles. The molecule has 0 amide bonds. The van der Waals surface area contributed by atoms with Gasteiger partial charge in [0.2, 0.25) is 5.92 Å². The van der Waals surface area contributed by atoms with Crippen LogP contribution in [-0.4, -0.2) is 47.1 Å². The van der Waals surface area contributed by atoms with Crippen LogP contribution >= 0.6 is 0 Å². The highest BCUT2D eigenvalue weighted by Crippen LogP contribution is 2.26. The van der Waals surface area contributed by atoms with E-state index in [0.29, 0.717) is 0 Å². The first kappa shape index (κ1) is 16.2. The van der Waals surface area contributed by atoms with Gasteiger partial charge in [0.25, 0.3) is 5.60 Å². The van der Waals surface area contributed by atoms with Gasteiger partial charge >= 0.3 is 17.9 Å². The Kier molecular flexibility index (Phi) is 5.01. The number of benzene rings is 1. The molecule has 0 aliphatic rings. The number of carboxylic acids is 2. The van der Waals surface area contributed by atoms with Gasteiger partial charge in [0.05, 0.1) is 7.11 Å². The van der Waals surface area contributed by atoms with Crippen molar-refractivity contribution in [3.05, 3.63) is 30.3 Å². The van der Waals surface area contributed by atoms with E-state index in [2.05, 4.69) is 4.74 Å². The van der Waals surface area contributed by atoms with Crippen molar-refractivity contribution >= 4 is 24.2 Å². The number of carbonyl (C=O) groups excluding carboxylic acids is 2. The number of rotatable bonds is 7. The van der Waals surface area contributed by atoms with Crippen LogP contribution in [-0.2, 0) is 23.9 Å². The van der Waals surface area contributed by atoms with Crippen LogP contribution in [0, 0.1) is 5.92 Å². The van der Waals surface area contributed by atoms with Crippen LogP contribution in [0.25, 0.3) is 0 Å². The fraction of sp³-hybridized carbons (Fsp3) is 0.231. The molecular weight excluding hydrogens is 284 g/mol. The van der Waals surface area contributed by atoms with Gasteiger partial charge in [-0.25, -0.2) is 4.79 Å². The minimum Gasteiger partial charge on any atom is -0.480 e. The summed E-state index contributed by atoms with van der Waals surface area (Å²) in [5.74, 6) is -7.61. The van der Waals surface area contributed by atoms with Crippen molar-refractivity contribution in [3.8, 4) is 5.75 Å². The van der Waals surface area contributed by atoms with Crippen molar-refractivity contribution in [3.63, 3.8) is 0 Å². The van der Waals surface area contributed by atoms with Crippen LogP contribution in [0.15, 0.2) is 30.3 Å². The first-order valence-corrected chi connectivity index (χ1v) is 5.63. The molecule has 21 heavy (non-hydrogen) atoms. The van der Waals surface area contributed by atoms with Crippen molar-refractivity contribution in [2.45, 2.75) is 5.60 Å². The van der Waals surface area contributed by atoms with Crippen LogP contribution in [0.4, 0.5) is 0 Å². The summed E-state index contributed by atoms with van der Waals surface area (Å²) in [5.41, 5.74) is -2.93. The van der Waals surface area contributed by atoms with E-state index in [1.54, 1.807) is 6.07 Å². The number of ether oxygens (including phenoxy) is 2. The van der Waals surface area contributed by atoms with Crippen molar-refractivity contribution < 1.29 is 38.9 Å². The molecule has 112 valence electrons. The zero-order valence-corrected chi connectivity index (χ0v) is 10.9. The van der Waals surface area contributed by atoms with Gasteiger partial charge in [-0.2, -0.15) is 0 Å². The van der Waals surface area contributed by atoms with Gasteiger partial charge in [0, 0.05) is 0 Å². The molecule has 2 atom stereocenters. The maximum atomic E-state index is 11.5. The van der Waals surface area contributed by atoms with E-state index in [-0.39, 0.29) is 12.0 Å². The summed E-state index contributed by atoms with van der Waals surface area (Å²) < 4.78 is 9.26. The molecule has 0 bridgehead atoms. The smallest absolute Gasteiger partial charge is 0.357 e. The molecule has 8 heteroatoms. The molecule has 0 saturated heterocycles. The molecule has 0 heterocycles. The second-order valence-electron chi connectivity index (χ2n) is 3.93. The molecule has 0 fully saturated rings. The van der Waals surface area contributed by atoms with E-state index in [4.69, 9.17) is 9.84 Å². The molecule has 0 radical (unpaired) electrons. The average molecular weight is 296 g/mol. The third kappa shape index (κ3) is 3.16. The molecule has 8 nitrogen and oxygen atoms in total. The van der Waals surface area contributed by atoms with Crippen LogP contribution in [0.2, 0.25) is 0 Å². The van der Waals surface area contributed by atoms with Crippen LogP contribution in [0.1, 0.15) is 0 Å². The van der Waals surface area contributed by atoms with Crippen LogP contribution in [0.5, 0.6) is 5.75 Å². The molecule has 1 rings (SSSR count). The Morgan fingerprint density at radius 3 is 2.14 bits per heavy atom. The number of para-hydroxylation sites is 1.